The number of nitrogens with one attached hydrogen (secondary N) is 1. The van der Waals surface area contributed by atoms with Crippen molar-refractivity contribution in [1.82, 2.24) is 5.43 Å². The summed E-state index contributed by atoms with van der Waals surface area (Å²) in [5, 5.41) is 0.724. The predicted molar refractivity (Wildman–Crippen MR) is 62.8 cm³/mol. The van der Waals surface area contributed by atoms with Gasteiger partial charge in [0.2, 0.25) is 0 Å². The van der Waals surface area contributed by atoms with Gasteiger partial charge in [0.25, 0.3) is 0 Å². The lowest BCUT2D eigenvalue weighted by molar-refractivity contribution is 0.671. The van der Waals surface area contributed by atoms with Gasteiger partial charge >= 0.3 is 0 Å². The molecule has 0 bridgehead atoms. The number of allylic oxidation sites excluding steroid dienone is 1. The van der Waals surface area contributed by atoms with E-state index in [0.717, 1.165) is 11.0 Å². The Bertz CT molecular complexity index is 153. The summed E-state index contributed by atoms with van der Waals surface area (Å²) in [5.74, 6) is 6.49. The maximum absolute atomic E-state index is 5.44. The third-order valence-corrected chi connectivity index (χ3v) is 3.34. The van der Waals surface area contributed by atoms with Gasteiger partial charge in [0.1, 0.15) is 0 Å². The highest BCUT2D eigenvalue weighted by Gasteiger charge is 2.05. The standard InChI is InChI=1S/C10H22N2S/c1-5-9(4)13-7-10(12-11)6-8(2)3/h6,9-10,12H,5,7,11H2,1-4H3. The summed E-state index contributed by atoms with van der Waals surface area (Å²) in [7, 11) is 0. The number of thioether (sulfide) groups is 1. The van der Waals surface area contributed by atoms with Crippen molar-refractivity contribution in [2.24, 2.45) is 5.84 Å². The zero-order chi connectivity index (χ0) is 10.3. The summed E-state index contributed by atoms with van der Waals surface area (Å²) in [5.41, 5.74) is 4.13. The molecule has 0 amide bonds. The second-order valence-electron chi connectivity index (χ2n) is 3.57. The summed E-state index contributed by atoms with van der Waals surface area (Å²) in [6.45, 7) is 8.65. The minimum atomic E-state index is 0.309. The smallest absolute Gasteiger partial charge is 0.0483 e. The van der Waals surface area contributed by atoms with Crippen LogP contribution in [0.1, 0.15) is 34.1 Å². The van der Waals surface area contributed by atoms with Crippen LogP contribution in [-0.2, 0) is 0 Å². The molecule has 2 unspecified atom stereocenters. The summed E-state index contributed by atoms with van der Waals surface area (Å²) in [6, 6.07) is 0.309. The SMILES string of the molecule is CCC(C)SCC(C=C(C)C)NN. The Morgan fingerprint density at radius 2 is 2.15 bits per heavy atom. The Balaban J connectivity index is 3.79. The van der Waals surface area contributed by atoms with E-state index in [1.165, 1.54) is 12.0 Å². The first-order valence-corrected chi connectivity index (χ1v) is 5.87. The van der Waals surface area contributed by atoms with Crippen LogP contribution in [0.3, 0.4) is 0 Å². The zero-order valence-electron chi connectivity index (χ0n) is 9.13. The van der Waals surface area contributed by atoms with E-state index in [-0.39, 0.29) is 0 Å². The molecule has 0 aromatic heterocycles. The van der Waals surface area contributed by atoms with E-state index in [1.807, 2.05) is 11.8 Å². The van der Waals surface area contributed by atoms with Crippen molar-refractivity contribution in [3.63, 3.8) is 0 Å². The number of hydrogen-bond acceptors (Lipinski definition) is 3. The average molecular weight is 202 g/mol. The summed E-state index contributed by atoms with van der Waals surface area (Å²) >= 11 is 1.96. The summed E-state index contributed by atoms with van der Waals surface area (Å²) in [4.78, 5) is 0. The molecule has 0 heterocycles. The summed E-state index contributed by atoms with van der Waals surface area (Å²) in [6.07, 6.45) is 3.39. The number of hydrazine groups is 1. The minimum Gasteiger partial charge on any atom is -0.271 e. The van der Waals surface area contributed by atoms with Gasteiger partial charge in [-0.05, 0) is 20.3 Å². The highest BCUT2D eigenvalue weighted by atomic mass is 32.2. The van der Waals surface area contributed by atoms with Crippen molar-refractivity contribution in [3.05, 3.63) is 11.6 Å². The Hall–Kier alpha value is 0.01000. The van der Waals surface area contributed by atoms with Gasteiger partial charge in [0.05, 0.1) is 0 Å². The van der Waals surface area contributed by atoms with Crippen molar-refractivity contribution >= 4 is 11.8 Å². The highest BCUT2D eigenvalue weighted by molar-refractivity contribution is 7.99. The molecule has 2 nitrogen and oxygen atoms in total. The van der Waals surface area contributed by atoms with E-state index in [9.17, 15) is 0 Å². The third kappa shape index (κ3) is 7.11. The van der Waals surface area contributed by atoms with E-state index >= 15 is 0 Å². The van der Waals surface area contributed by atoms with Gasteiger partial charge in [-0.25, -0.2) is 0 Å². The largest absolute Gasteiger partial charge is 0.271 e. The first-order chi connectivity index (χ1) is 6.10. The van der Waals surface area contributed by atoms with Gasteiger partial charge in [-0.15, -0.1) is 0 Å². The molecule has 0 saturated carbocycles. The van der Waals surface area contributed by atoms with Gasteiger partial charge in [0, 0.05) is 17.0 Å². The Morgan fingerprint density at radius 3 is 2.54 bits per heavy atom. The van der Waals surface area contributed by atoms with Crippen LogP contribution in [0.25, 0.3) is 0 Å². The van der Waals surface area contributed by atoms with Gasteiger partial charge < -0.3 is 0 Å². The van der Waals surface area contributed by atoms with Crippen LogP contribution in [0.4, 0.5) is 0 Å². The molecule has 2 atom stereocenters. The Kier molecular flexibility index (Phi) is 7.42. The molecular weight excluding hydrogens is 180 g/mol. The van der Waals surface area contributed by atoms with Crippen molar-refractivity contribution in [2.45, 2.75) is 45.4 Å². The van der Waals surface area contributed by atoms with Crippen LogP contribution in [0, 0.1) is 0 Å². The van der Waals surface area contributed by atoms with E-state index in [4.69, 9.17) is 5.84 Å². The van der Waals surface area contributed by atoms with Crippen LogP contribution in [0.5, 0.6) is 0 Å². The van der Waals surface area contributed by atoms with E-state index in [1.54, 1.807) is 0 Å². The van der Waals surface area contributed by atoms with Gasteiger partial charge in [-0.3, -0.25) is 11.3 Å². The molecule has 0 radical (unpaired) electrons. The molecule has 3 N–H and O–H groups in total. The van der Waals surface area contributed by atoms with Crippen molar-refractivity contribution < 1.29 is 0 Å². The average Bonchev–Trinajstić information content (AvgIpc) is 2.10. The van der Waals surface area contributed by atoms with Crippen LogP contribution in [0.2, 0.25) is 0 Å². The molecule has 0 rings (SSSR count). The van der Waals surface area contributed by atoms with Gasteiger partial charge in [0.15, 0.2) is 0 Å². The lowest BCUT2D eigenvalue weighted by Crippen LogP contribution is -2.36. The van der Waals surface area contributed by atoms with E-state index in [2.05, 4.69) is 39.2 Å². The fourth-order valence-electron chi connectivity index (χ4n) is 0.932. The van der Waals surface area contributed by atoms with Gasteiger partial charge in [-0.1, -0.05) is 25.5 Å². The quantitative estimate of drug-likeness (QED) is 0.394. The zero-order valence-corrected chi connectivity index (χ0v) is 9.95. The number of hydrogen-bond donors (Lipinski definition) is 2. The molecule has 0 aromatic rings. The molecular formula is C10H22N2S. The van der Waals surface area contributed by atoms with Gasteiger partial charge in [-0.2, -0.15) is 11.8 Å². The molecule has 13 heavy (non-hydrogen) atoms. The second-order valence-corrected chi connectivity index (χ2v) is 5.04. The second kappa shape index (κ2) is 7.42. The molecule has 0 saturated heterocycles. The van der Waals surface area contributed by atoms with Crippen molar-refractivity contribution in [1.29, 1.82) is 0 Å². The first-order valence-electron chi connectivity index (χ1n) is 4.82. The maximum Gasteiger partial charge on any atom is 0.0483 e. The van der Waals surface area contributed by atoms with Crippen molar-refractivity contribution in [3.8, 4) is 0 Å². The molecule has 3 heteroatoms. The highest BCUT2D eigenvalue weighted by Crippen LogP contribution is 2.15. The maximum atomic E-state index is 5.44. The minimum absolute atomic E-state index is 0.309. The molecule has 0 aliphatic heterocycles. The van der Waals surface area contributed by atoms with Crippen LogP contribution in [0.15, 0.2) is 11.6 Å². The topological polar surface area (TPSA) is 38.0 Å². The van der Waals surface area contributed by atoms with Crippen LogP contribution < -0.4 is 11.3 Å². The molecule has 0 fully saturated rings. The third-order valence-electron chi connectivity index (χ3n) is 1.88. The molecule has 0 aliphatic rings. The normalized spacial score (nSPS) is 15.2. The van der Waals surface area contributed by atoms with Crippen LogP contribution >= 0.6 is 11.8 Å². The lowest BCUT2D eigenvalue weighted by atomic mass is 10.2. The van der Waals surface area contributed by atoms with Crippen LogP contribution in [-0.4, -0.2) is 17.0 Å². The lowest BCUT2D eigenvalue weighted by Gasteiger charge is -2.14. The Morgan fingerprint density at radius 1 is 1.54 bits per heavy atom. The molecule has 0 aromatic carbocycles. The molecule has 0 aliphatic carbocycles. The fraction of sp³-hybridized carbons (Fsp3) is 0.800. The summed E-state index contributed by atoms with van der Waals surface area (Å²) < 4.78 is 0. The Labute approximate surface area is 86.3 Å². The number of nitrogens with two attached hydrogens (primary N) is 1. The predicted octanol–water partition coefficient (Wildman–Crippen LogP) is 2.32. The van der Waals surface area contributed by atoms with Crippen molar-refractivity contribution in [2.75, 3.05) is 5.75 Å². The number of rotatable bonds is 6. The molecule has 78 valence electrons. The monoisotopic (exact) mass is 202 g/mol. The fourth-order valence-corrected chi connectivity index (χ4v) is 1.90. The first kappa shape index (κ1) is 13.0. The molecule has 0 spiro atoms. The van der Waals surface area contributed by atoms with E-state index < -0.39 is 0 Å². The van der Waals surface area contributed by atoms with E-state index in [0.29, 0.717) is 6.04 Å².